The van der Waals surface area contributed by atoms with Gasteiger partial charge in [0.2, 0.25) is 5.91 Å². The molecule has 0 radical (unpaired) electrons. The van der Waals surface area contributed by atoms with Crippen molar-refractivity contribution in [3.8, 4) is 0 Å². The fraction of sp³-hybridized carbons (Fsp3) is 0.125. The highest BCUT2D eigenvalue weighted by atomic mass is 16.2. The minimum absolute atomic E-state index is 0.195. The molecule has 0 saturated heterocycles. The predicted molar refractivity (Wildman–Crippen MR) is 84.4 cm³/mol. The van der Waals surface area contributed by atoms with Crippen LogP contribution in [0.4, 0.5) is 5.69 Å². The van der Waals surface area contributed by atoms with Crippen molar-refractivity contribution < 1.29 is 14.4 Å². The molecule has 4 N–H and O–H groups in total. The van der Waals surface area contributed by atoms with E-state index in [1.165, 1.54) is 12.1 Å². The Morgan fingerprint density at radius 2 is 1.91 bits per heavy atom. The number of anilines is 1. The number of hydrogen-bond donors (Lipinski definition) is 3. The maximum Gasteiger partial charge on any atom is 0.313 e. The number of aryl methyl sites for hydroxylation is 1. The number of hydrogen-bond acceptors (Lipinski definition) is 4. The number of nitrogens with two attached hydrogens (primary N) is 1. The molecule has 23 heavy (non-hydrogen) atoms. The fourth-order valence-electron chi connectivity index (χ4n) is 1.80. The molecular formula is C16H16N4O3. The van der Waals surface area contributed by atoms with Gasteiger partial charge in [-0.25, -0.2) is 0 Å². The summed E-state index contributed by atoms with van der Waals surface area (Å²) in [6.07, 6.45) is 1.63. The van der Waals surface area contributed by atoms with E-state index in [0.717, 1.165) is 11.3 Å². The number of rotatable bonds is 4. The number of benzene rings is 1. The molecule has 7 nitrogen and oxygen atoms in total. The third kappa shape index (κ3) is 4.63. The Labute approximate surface area is 132 Å². The van der Waals surface area contributed by atoms with Crippen molar-refractivity contribution in [2.75, 3.05) is 5.32 Å². The molecule has 0 aliphatic heterocycles. The number of pyridine rings is 1. The first kappa shape index (κ1) is 16.2. The molecule has 118 valence electrons. The Morgan fingerprint density at radius 1 is 1.13 bits per heavy atom. The molecular weight excluding hydrogens is 296 g/mol. The quantitative estimate of drug-likeness (QED) is 0.722. The molecule has 0 unspecified atom stereocenters. The summed E-state index contributed by atoms with van der Waals surface area (Å²) in [6.45, 7) is 2.05. The highest BCUT2D eigenvalue weighted by Gasteiger charge is 2.14. The van der Waals surface area contributed by atoms with Gasteiger partial charge in [0.1, 0.15) is 0 Å². The molecule has 2 rings (SSSR count). The number of carbonyl (C=O) groups is 3. The van der Waals surface area contributed by atoms with Crippen molar-refractivity contribution in [1.29, 1.82) is 0 Å². The Balaban J connectivity index is 1.92. The van der Waals surface area contributed by atoms with E-state index in [1.807, 2.05) is 19.1 Å². The van der Waals surface area contributed by atoms with E-state index in [1.54, 1.807) is 18.3 Å². The van der Waals surface area contributed by atoms with E-state index >= 15 is 0 Å². The topological polar surface area (TPSA) is 114 Å². The number of carbonyl (C=O) groups excluding carboxylic acids is 3. The third-order valence-electron chi connectivity index (χ3n) is 3.04. The number of primary amides is 1. The second-order valence-corrected chi connectivity index (χ2v) is 4.89. The first-order chi connectivity index (χ1) is 11.0. The average Bonchev–Trinajstić information content (AvgIpc) is 2.54. The standard InChI is InChI=1S/C16H16N4O3/c1-10-5-6-11(8-18-10)9-19-15(22)16(23)20-13-4-2-3-12(7-13)14(17)21/h2-8H,9H2,1H3,(H2,17,21)(H,19,22)(H,20,23). The van der Waals surface area contributed by atoms with Crippen LogP contribution >= 0.6 is 0 Å². The van der Waals surface area contributed by atoms with E-state index < -0.39 is 17.7 Å². The second-order valence-electron chi connectivity index (χ2n) is 4.89. The SMILES string of the molecule is Cc1ccc(CNC(=O)C(=O)Nc2cccc(C(N)=O)c2)cn1. The van der Waals surface area contributed by atoms with Crippen molar-refractivity contribution >= 4 is 23.4 Å². The van der Waals surface area contributed by atoms with Crippen LogP contribution < -0.4 is 16.4 Å². The minimum Gasteiger partial charge on any atom is -0.366 e. The first-order valence-electron chi connectivity index (χ1n) is 6.86. The van der Waals surface area contributed by atoms with Gasteiger partial charge in [-0.3, -0.25) is 19.4 Å². The van der Waals surface area contributed by atoms with Crippen LogP contribution in [0, 0.1) is 6.92 Å². The fourth-order valence-corrected chi connectivity index (χ4v) is 1.80. The van der Waals surface area contributed by atoms with Crippen LogP contribution in [0.1, 0.15) is 21.6 Å². The molecule has 3 amide bonds. The van der Waals surface area contributed by atoms with Gasteiger partial charge in [0.15, 0.2) is 0 Å². The van der Waals surface area contributed by atoms with Crippen LogP contribution in [0.25, 0.3) is 0 Å². The highest BCUT2D eigenvalue weighted by Crippen LogP contribution is 2.10. The molecule has 7 heteroatoms. The van der Waals surface area contributed by atoms with Crippen LogP contribution in [0.5, 0.6) is 0 Å². The van der Waals surface area contributed by atoms with Gasteiger partial charge in [-0.15, -0.1) is 0 Å². The number of aromatic nitrogens is 1. The number of nitrogens with zero attached hydrogens (tertiary/aromatic N) is 1. The molecule has 1 heterocycles. The monoisotopic (exact) mass is 312 g/mol. The highest BCUT2D eigenvalue weighted by molar-refractivity contribution is 6.39. The van der Waals surface area contributed by atoms with Crippen LogP contribution in [-0.2, 0) is 16.1 Å². The second kappa shape index (κ2) is 7.17. The summed E-state index contributed by atoms with van der Waals surface area (Å²) in [4.78, 5) is 38.8. The van der Waals surface area contributed by atoms with Crippen LogP contribution in [0.2, 0.25) is 0 Å². The van der Waals surface area contributed by atoms with E-state index in [4.69, 9.17) is 5.73 Å². The largest absolute Gasteiger partial charge is 0.366 e. The van der Waals surface area contributed by atoms with Gasteiger partial charge in [-0.1, -0.05) is 12.1 Å². The molecule has 0 saturated carbocycles. The summed E-state index contributed by atoms with van der Waals surface area (Å²) in [5.41, 5.74) is 7.37. The van der Waals surface area contributed by atoms with E-state index in [-0.39, 0.29) is 12.1 Å². The lowest BCUT2D eigenvalue weighted by atomic mass is 10.2. The summed E-state index contributed by atoms with van der Waals surface area (Å²) < 4.78 is 0. The van der Waals surface area contributed by atoms with Gasteiger partial charge < -0.3 is 16.4 Å². The Hall–Kier alpha value is -3.22. The molecule has 1 aromatic carbocycles. The van der Waals surface area contributed by atoms with E-state index in [0.29, 0.717) is 5.69 Å². The molecule has 2 aromatic rings. The zero-order valence-corrected chi connectivity index (χ0v) is 12.5. The van der Waals surface area contributed by atoms with Gasteiger partial charge in [0, 0.05) is 29.7 Å². The lowest BCUT2D eigenvalue weighted by molar-refractivity contribution is -0.136. The number of amides is 3. The molecule has 1 aromatic heterocycles. The summed E-state index contributed by atoms with van der Waals surface area (Å²) >= 11 is 0. The number of nitrogens with one attached hydrogen (secondary N) is 2. The van der Waals surface area contributed by atoms with Crippen molar-refractivity contribution in [1.82, 2.24) is 10.3 Å². The first-order valence-corrected chi connectivity index (χ1v) is 6.86. The lowest BCUT2D eigenvalue weighted by Crippen LogP contribution is -2.35. The van der Waals surface area contributed by atoms with Crippen LogP contribution in [0.3, 0.4) is 0 Å². The van der Waals surface area contributed by atoms with Crippen LogP contribution in [0.15, 0.2) is 42.6 Å². The van der Waals surface area contributed by atoms with Gasteiger partial charge >= 0.3 is 11.8 Å². The molecule has 0 atom stereocenters. The van der Waals surface area contributed by atoms with Crippen molar-refractivity contribution in [3.63, 3.8) is 0 Å². The average molecular weight is 312 g/mol. The Bertz CT molecular complexity index is 741. The van der Waals surface area contributed by atoms with Crippen molar-refractivity contribution in [2.24, 2.45) is 5.73 Å². The lowest BCUT2D eigenvalue weighted by Gasteiger charge is -2.07. The smallest absolute Gasteiger partial charge is 0.313 e. The van der Waals surface area contributed by atoms with Gasteiger partial charge in [-0.2, -0.15) is 0 Å². The predicted octanol–water partition coefficient (Wildman–Crippen LogP) is 0.744. The normalized spacial score (nSPS) is 9.96. The molecule has 0 aliphatic carbocycles. The van der Waals surface area contributed by atoms with E-state index in [9.17, 15) is 14.4 Å². The van der Waals surface area contributed by atoms with Gasteiger partial charge in [0.05, 0.1) is 0 Å². The third-order valence-corrected chi connectivity index (χ3v) is 3.04. The summed E-state index contributed by atoms with van der Waals surface area (Å²) in [5.74, 6) is -2.22. The summed E-state index contributed by atoms with van der Waals surface area (Å²) in [5, 5.41) is 4.90. The maximum atomic E-state index is 11.8. The molecule has 0 aliphatic rings. The Kier molecular flexibility index (Phi) is 5.03. The summed E-state index contributed by atoms with van der Waals surface area (Å²) in [6, 6.07) is 9.67. The zero-order valence-electron chi connectivity index (χ0n) is 12.5. The van der Waals surface area contributed by atoms with Gasteiger partial charge in [0.25, 0.3) is 0 Å². The van der Waals surface area contributed by atoms with Crippen molar-refractivity contribution in [2.45, 2.75) is 13.5 Å². The molecule has 0 fully saturated rings. The van der Waals surface area contributed by atoms with Gasteiger partial charge in [-0.05, 0) is 36.8 Å². The zero-order chi connectivity index (χ0) is 16.8. The maximum absolute atomic E-state index is 11.8. The van der Waals surface area contributed by atoms with E-state index in [2.05, 4.69) is 15.6 Å². The minimum atomic E-state index is -0.827. The summed E-state index contributed by atoms with van der Waals surface area (Å²) in [7, 11) is 0. The Morgan fingerprint density at radius 3 is 2.57 bits per heavy atom. The van der Waals surface area contributed by atoms with Crippen LogP contribution in [-0.4, -0.2) is 22.7 Å². The van der Waals surface area contributed by atoms with Crippen molar-refractivity contribution in [3.05, 3.63) is 59.4 Å². The molecule has 0 spiro atoms. The molecule has 0 bridgehead atoms.